The Morgan fingerprint density at radius 1 is 0.826 bits per heavy atom. The number of oxime groups is 1. The van der Waals surface area contributed by atoms with Crippen molar-refractivity contribution in [3.63, 3.8) is 0 Å². The minimum Gasteiger partial charge on any atom is -0.365 e. The zero-order chi connectivity index (χ0) is 16.9. The quantitative estimate of drug-likeness (QED) is 0.407. The van der Waals surface area contributed by atoms with Gasteiger partial charge in [0.05, 0.1) is 0 Å². The average Bonchev–Trinajstić information content (AvgIpc) is 2.49. The van der Waals surface area contributed by atoms with Gasteiger partial charge in [-0.05, 0) is 25.3 Å². The second-order valence-corrected chi connectivity index (χ2v) is 6.95. The standard InChI is InChI=1S/C21H25NO/c1-16-6-10-18(11-7-16)20(19-12-8-17(2)9-13-19)22-23-15-14-21(3,4)5/h6-15H,1-5H3/b15-14+. The van der Waals surface area contributed by atoms with Gasteiger partial charge in [0.25, 0.3) is 0 Å². The van der Waals surface area contributed by atoms with E-state index in [1.807, 2.05) is 6.08 Å². The molecule has 0 aliphatic carbocycles. The molecule has 0 aliphatic rings. The maximum Gasteiger partial charge on any atom is 0.118 e. The van der Waals surface area contributed by atoms with E-state index in [1.54, 1.807) is 6.26 Å². The molecule has 0 aromatic heterocycles. The lowest BCUT2D eigenvalue weighted by Crippen LogP contribution is -2.04. The van der Waals surface area contributed by atoms with Crippen molar-refractivity contribution in [3.05, 3.63) is 83.1 Å². The van der Waals surface area contributed by atoms with Gasteiger partial charge in [-0.25, -0.2) is 0 Å². The van der Waals surface area contributed by atoms with Crippen molar-refractivity contribution in [2.24, 2.45) is 10.6 Å². The van der Waals surface area contributed by atoms with Gasteiger partial charge < -0.3 is 4.84 Å². The zero-order valence-corrected chi connectivity index (χ0v) is 14.6. The van der Waals surface area contributed by atoms with Crippen LogP contribution in [0.5, 0.6) is 0 Å². The summed E-state index contributed by atoms with van der Waals surface area (Å²) in [4.78, 5) is 5.45. The molecule has 2 nitrogen and oxygen atoms in total. The molecule has 0 aliphatic heterocycles. The Bertz CT molecular complexity index is 639. The van der Waals surface area contributed by atoms with Crippen LogP contribution in [0.3, 0.4) is 0 Å². The normalized spacial score (nSPS) is 11.5. The van der Waals surface area contributed by atoms with Gasteiger partial charge in [0, 0.05) is 11.1 Å². The molecule has 2 heteroatoms. The number of hydrogen-bond acceptors (Lipinski definition) is 2. The molecule has 0 saturated heterocycles. The predicted octanol–water partition coefficient (Wildman–Crippen LogP) is 5.63. The van der Waals surface area contributed by atoms with E-state index in [0.29, 0.717) is 0 Å². The molecule has 2 rings (SSSR count). The van der Waals surface area contributed by atoms with E-state index < -0.39 is 0 Å². The van der Waals surface area contributed by atoms with Crippen LogP contribution in [0.2, 0.25) is 0 Å². The Hall–Kier alpha value is -2.35. The van der Waals surface area contributed by atoms with Gasteiger partial charge in [-0.3, -0.25) is 0 Å². The minimum atomic E-state index is 0.0728. The van der Waals surface area contributed by atoms with E-state index >= 15 is 0 Å². The van der Waals surface area contributed by atoms with Gasteiger partial charge >= 0.3 is 0 Å². The van der Waals surface area contributed by atoms with Crippen LogP contribution in [0.15, 0.2) is 66.0 Å². The molecule has 0 amide bonds. The number of aryl methyl sites for hydroxylation is 2. The number of allylic oxidation sites excluding steroid dienone is 1. The Morgan fingerprint density at radius 3 is 1.65 bits per heavy atom. The van der Waals surface area contributed by atoms with Gasteiger partial charge in [0.2, 0.25) is 0 Å². The lowest BCUT2D eigenvalue weighted by Gasteiger charge is -2.10. The molecule has 2 aromatic rings. The SMILES string of the molecule is Cc1ccc(C(=NO/C=C/C(C)(C)C)c2ccc(C)cc2)cc1. The van der Waals surface area contributed by atoms with Gasteiger partial charge in [-0.15, -0.1) is 0 Å². The topological polar surface area (TPSA) is 21.6 Å². The first-order valence-electron chi connectivity index (χ1n) is 7.91. The highest BCUT2D eigenvalue weighted by Gasteiger charge is 2.08. The smallest absolute Gasteiger partial charge is 0.118 e. The first kappa shape index (κ1) is 17.0. The third-order valence-corrected chi connectivity index (χ3v) is 3.42. The van der Waals surface area contributed by atoms with Crippen molar-refractivity contribution < 1.29 is 4.84 Å². The Kier molecular flexibility index (Phi) is 5.38. The summed E-state index contributed by atoms with van der Waals surface area (Å²) in [5.41, 5.74) is 5.45. The highest BCUT2D eigenvalue weighted by Crippen LogP contribution is 2.16. The zero-order valence-electron chi connectivity index (χ0n) is 14.6. The van der Waals surface area contributed by atoms with Crippen LogP contribution in [-0.4, -0.2) is 5.71 Å². The highest BCUT2D eigenvalue weighted by atomic mass is 16.6. The molecule has 0 spiro atoms. The lowest BCUT2D eigenvalue weighted by atomic mass is 9.97. The van der Waals surface area contributed by atoms with Crippen LogP contribution in [-0.2, 0) is 4.84 Å². The van der Waals surface area contributed by atoms with Crippen LogP contribution in [0.4, 0.5) is 0 Å². The van der Waals surface area contributed by atoms with Crippen molar-refractivity contribution in [3.8, 4) is 0 Å². The van der Waals surface area contributed by atoms with Crippen molar-refractivity contribution >= 4 is 5.71 Å². The fourth-order valence-corrected chi connectivity index (χ4v) is 2.01. The molecule has 0 unspecified atom stereocenters. The summed E-state index contributed by atoms with van der Waals surface area (Å²) in [6.45, 7) is 10.5. The number of rotatable bonds is 4. The van der Waals surface area contributed by atoms with E-state index in [1.165, 1.54) is 11.1 Å². The number of nitrogens with zero attached hydrogens (tertiary/aromatic N) is 1. The van der Waals surface area contributed by atoms with Crippen LogP contribution in [0, 0.1) is 19.3 Å². The van der Waals surface area contributed by atoms with E-state index in [-0.39, 0.29) is 5.41 Å². The van der Waals surface area contributed by atoms with Gasteiger partial charge in [0.15, 0.2) is 0 Å². The van der Waals surface area contributed by atoms with Crippen LogP contribution >= 0.6 is 0 Å². The summed E-state index contributed by atoms with van der Waals surface area (Å²) in [6, 6.07) is 16.6. The molecular formula is C21H25NO. The lowest BCUT2D eigenvalue weighted by molar-refractivity contribution is 0.263. The van der Waals surface area contributed by atoms with E-state index in [2.05, 4.69) is 88.3 Å². The molecule has 0 bridgehead atoms. The molecule has 0 saturated carbocycles. The van der Waals surface area contributed by atoms with Crippen LogP contribution in [0.1, 0.15) is 43.0 Å². The summed E-state index contributed by atoms with van der Waals surface area (Å²) in [6.07, 6.45) is 3.65. The molecule has 0 N–H and O–H groups in total. The second kappa shape index (κ2) is 7.28. The van der Waals surface area contributed by atoms with Crippen LogP contribution < -0.4 is 0 Å². The average molecular weight is 307 g/mol. The molecule has 0 atom stereocenters. The molecule has 0 radical (unpaired) electrons. The third kappa shape index (κ3) is 5.41. The molecule has 23 heavy (non-hydrogen) atoms. The minimum absolute atomic E-state index is 0.0728. The summed E-state index contributed by atoms with van der Waals surface area (Å²) in [5, 5.41) is 4.36. The van der Waals surface area contributed by atoms with Gasteiger partial charge in [0.1, 0.15) is 12.0 Å². The van der Waals surface area contributed by atoms with E-state index in [4.69, 9.17) is 4.84 Å². The largest absolute Gasteiger partial charge is 0.365 e. The monoisotopic (exact) mass is 307 g/mol. The fourth-order valence-electron chi connectivity index (χ4n) is 2.01. The van der Waals surface area contributed by atoms with Gasteiger partial charge in [-0.2, -0.15) is 0 Å². The predicted molar refractivity (Wildman–Crippen MR) is 97.7 cm³/mol. The number of benzene rings is 2. The Morgan fingerprint density at radius 2 is 1.26 bits per heavy atom. The van der Waals surface area contributed by atoms with Crippen LogP contribution in [0.25, 0.3) is 0 Å². The third-order valence-electron chi connectivity index (χ3n) is 3.42. The maximum atomic E-state index is 5.45. The molecular weight excluding hydrogens is 282 g/mol. The molecule has 0 heterocycles. The van der Waals surface area contributed by atoms with Crippen molar-refractivity contribution in [2.45, 2.75) is 34.6 Å². The highest BCUT2D eigenvalue weighted by molar-refractivity contribution is 6.12. The van der Waals surface area contributed by atoms with Crippen molar-refractivity contribution in [1.29, 1.82) is 0 Å². The first-order valence-corrected chi connectivity index (χ1v) is 7.91. The van der Waals surface area contributed by atoms with E-state index in [0.717, 1.165) is 16.8 Å². The second-order valence-electron chi connectivity index (χ2n) is 6.95. The molecule has 120 valence electrons. The Balaban J connectivity index is 2.33. The van der Waals surface area contributed by atoms with Gasteiger partial charge in [-0.1, -0.05) is 85.6 Å². The summed E-state index contributed by atoms with van der Waals surface area (Å²) in [5.74, 6) is 0. The summed E-state index contributed by atoms with van der Waals surface area (Å²) < 4.78 is 0. The first-order chi connectivity index (χ1) is 10.8. The van der Waals surface area contributed by atoms with Crippen molar-refractivity contribution in [2.75, 3.05) is 0 Å². The molecule has 2 aromatic carbocycles. The Labute approximate surface area is 139 Å². The fraction of sp³-hybridized carbons (Fsp3) is 0.286. The molecule has 0 fully saturated rings. The van der Waals surface area contributed by atoms with Crippen molar-refractivity contribution in [1.82, 2.24) is 0 Å². The summed E-state index contributed by atoms with van der Waals surface area (Å²) in [7, 11) is 0. The maximum absolute atomic E-state index is 5.45. The number of hydrogen-bond donors (Lipinski definition) is 0. The summed E-state index contributed by atoms with van der Waals surface area (Å²) >= 11 is 0. The van der Waals surface area contributed by atoms with E-state index in [9.17, 15) is 0 Å².